The van der Waals surface area contributed by atoms with Gasteiger partial charge in [-0.2, -0.15) is 4.31 Å². The lowest BCUT2D eigenvalue weighted by Crippen LogP contribution is -2.42. The van der Waals surface area contributed by atoms with Gasteiger partial charge in [-0.25, -0.2) is 8.42 Å². The van der Waals surface area contributed by atoms with Gasteiger partial charge in [0, 0.05) is 25.7 Å². The van der Waals surface area contributed by atoms with Gasteiger partial charge in [0.25, 0.3) is 0 Å². The maximum Gasteiger partial charge on any atom is 0.248 e. The van der Waals surface area contributed by atoms with Crippen LogP contribution in [-0.4, -0.2) is 94.1 Å². The number of carbonyl (C=O) groups excluding carboxylic acids is 1. The minimum Gasteiger partial charge on any atom is -0.497 e. The zero-order valence-electron chi connectivity index (χ0n) is 22.2. The van der Waals surface area contributed by atoms with E-state index in [9.17, 15) is 13.2 Å². The number of likely N-dealkylation sites (tertiary alicyclic amines) is 2. The highest BCUT2D eigenvalue weighted by atomic mass is 32.2. The van der Waals surface area contributed by atoms with Crippen molar-refractivity contribution in [2.75, 3.05) is 59.6 Å². The van der Waals surface area contributed by atoms with Gasteiger partial charge in [0.15, 0.2) is 0 Å². The van der Waals surface area contributed by atoms with Crippen LogP contribution in [-0.2, 0) is 19.6 Å². The minimum atomic E-state index is -3.66. The maximum absolute atomic E-state index is 13.5. The Kier molecular flexibility index (Phi) is 9.30. The van der Waals surface area contributed by atoms with Crippen LogP contribution in [0.4, 0.5) is 0 Å². The van der Waals surface area contributed by atoms with Crippen LogP contribution in [0.25, 0.3) is 0 Å². The Hall–Kier alpha value is -1.68. The second-order valence-electron chi connectivity index (χ2n) is 10.7. The van der Waals surface area contributed by atoms with Crippen molar-refractivity contribution in [3.63, 3.8) is 0 Å². The highest BCUT2D eigenvalue weighted by Gasteiger charge is 2.37. The van der Waals surface area contributed by atoms with E-state index in [-0.39, 0.29) is 25.2 Å². The number of hydrogen-bond acceptors (Lipinski definition) is 6. The largest absolute Gasteiger partial charge is 0.497 e. The molecular formula is C27H43N3O5S. The summed E-state index contributed by atoms with van der Waals surface area (Å²) in [7, 11) is -2.09. The Bertz CT molecular complexity index is 978. The average Bonchev–Trinajstić information content (AvgIpc) is 3.55. The van der Waals surface area contributed by atoms with Crippen molar-refractivity contribution in [3.05, 3.63) is 23.3 Å². The second-order valence-corrected chi connectivity index (χ2v) is 12.5. The molecule has 0 bridgehead atoms. The van der Waals surface area contributed by atoms with Crippen LogP contribution in [0.3, 0.4) is 0 Å². The van der Waals surface area contributed by atoms with Gasteiger partial charge in [-0.1, -0.05) is 0 Å². The lowest BCUT2D eigenvalue weighted by molar-refractivity contribution is -0.137. The molecule has 0 saturated carbocycles. The molecule has 3 aliphatic heterocycles. The predicted octanol–water partition coefficient (Wildman–Crippen LogP) is 3.21. The Morgan fingerprint density at radius 1 is 0.972 bits per heavy atom. The standard InChI is InChI=1S/C27H43N3O5S/c1-21-17-25(34-3)18-22(2)27(21)36(32,33)30-13-6-7-24(30)19-35-20-26(31)29-15-9-23(10-16-29)8-14-28-11-4-5-12-28/h17-18,23-24H,4-16,19-20H2,1-3H3/t24-/m0/s1. The summed E-state index contributed by atoms with van der Waals surface area (Å²) < 4.78 is 39.8. The number of benzene rings is 1. The van der Waals surface area contributed by atoms with Gasteiger partial charge in [-0.15, -0.1) is 0 Å². The first-order chi connectivity index (χ1) is 17.3. The number of carbonyl (C=O) groups is 1. The number of amides is 1. The van der Waals surface area contributed by atoms with Gasteiger partial charge in [0.05, 0.1) is 18.6 Å². The van der Waals surface area contributed by atoms with Crippen molar-refractivity contribution in [1.29, 1.82) is 0 Å². The van der Waals surface area contributed by atoms with Crippen LogP contribution in [0.5, 0.6) is 5.75 Å². The Labute approximate surface area is 217 Å². The molecule has 1 atom stereocenters. The molecule has 4 rings (SSSR count). The van der Waals surface area contributed by atoms with E-state index in [1.54, 1.807) is 37.4 Å². The molecular weight excluding hydrogens is 478 g/mol. The van der Waals surface area contributed by atoms with Gasteiger partial charge in [0.2, 0.25) is 15.9 Å². The molecule has 3 saturated heterocycles. The van der Waals surface area contributed by atoms with E-state index >= 15 is 0 Å². The lowest BCUT2D eigenvalue weighted by Gasteiger charge is -2.33. The number of nitrogens with zero attached hydrogens (tertiary/aromatic N) is 3. The Balaban J connectivity index is 1.24. The summed E-state index contributed by atoms with van der Waals surface area (Å²) in [4.78, 5) is 17.6. The summed E-state index contributed by atoms with van der Waals surface area (Å²) in [6, 6.07) is 3.27. The van der Waals surface area contributed by atoms with Gasteiger partial charge in [-0.3, -0.25) is 4.79 Å². The molecule has 1 aromatic rings. The number of aryl methyl sites for hydroxylation is 2. The third-order valence-electron chi connectivity index (χ3n) is 8.11. The quantitative estimate of drug-likeness (QED) is 0.471. The smallest absolute Gasteiger partial charge is 0.248 e. The van der Waals surface area contributed by atoms with Crippen LogP contribution in [0.15, 0.2) is 17.0 Å². The molecule has 36 heavy (non-hydrogen) atoms. The van der Waals surface area contributed by atoms with Crippen LogP contribution in [0.1, 0.15) is 56.1 Å². The monoisotopic (exact) mass is 521 g/mol. The summed E-state index contributed by atoms with van der Waals surface area (Å²) in [5.74, 6) is 1.37. The summed E-state index contributed by atoms with van der Waals surface area (Å²) in [5.41, 5.74) is 1.36. The molecule has 1 aromatic carbocycles. The fourth-order valence-electron chi connectivity index (χ4n) is 6.06. The van der Waals surface area contributed by atoms with E-state index in [0.29, 0.717) is 34.2 Å². The van der Waals surface area contributed by atoms with Crippen LogP contribution < -0.4 is 4.74 Å². The summed E-state index contributed by atoms with van der Waals surface area (Å²) in [6.07, 6.45) is 7.56. The highest BCUT2D eigenvalue weighted by Crippen LogP contribution is 2.32. The zero-order chi connectivity index (χ0) is 25.7. The number of hydrogen-bond donors (Lipinski definition) is 0. The van der Waals surface area contributed by atoms with Crippen LogP contribution >= 0.6 is 0 Å². The molecule has 0 spiro atoms. The molecule has 0 aliphatic carbocycles. The number of piperidine rings is 1. The molecule has 0 N–H and O–H groups in total. The first-order valence-electron chi connectivity index (χ1n) is 13.5. The van der Waals surface area contributed by atoms with Crippen molar-refractivity contribution in [1.82, 2.24) is 14.1 Å². The SMILES string of the molecule is COc1cc(C)c(S(=O)(=O)N2CCC[C@H]2COCC(=O)N2CCC(CCN3CCCC3)CC2)c(C)c1. The summed E-state index contributed by atoms with van der Waals surface area (Å²) in [5, 5.41) is 0. The van der Waals surface area contributed by atoms with E-state index in [1.807, 2.05) is 4.90 Å². The van der Waals surface area contributed by atoms with Crippen molar-refractivity contribution < 1.29 is 22.7 Å². The maximum atomic E-state index is 13.5. The van der Waals surface area contributed by atoms with Crippen molar-refractivity contribution in [3.8, 4) is 5.75 Å². The molecule has 0 radical (unpaired) electrons. The predicted molar refractivity (Wildman–Crippen MR) is 140 cm³/mol. The van der Waals surface area contributed by atoms with Gasteiger partial charge in [0.1, 0.15) is 12.4 Å². The fourth-order valence-corrected chi connectivity index (χ4v) is 8.16. The summed E-state index contributed by atoms with van der Waals surface area (Å²) >= 11 is 0. The highest BCUT2D eigenvalue weighted by molar-refractivity contribution is 7.89. The van der Waals surface area contributed by atoms with Crippen molar-refractivity contribution in [2.24, 2.45) is 5.92 Å². The lowest BCUT2D eigenvalue weighted by atomic mass is 9.93. The van der Waals surface area contributed by atoms with Crippen LogP contribution in [0, 0.1) is 19.8 Å². The first kappa shape index (κ1) is 27.4. The minimum absolute atomic E-state index is 0.0160. The molecule has 3 aliphatic rings. The second kappa shape index (κ2) is 12.2. The molecule has 0 aromatic heterocycles. The van der Waals surface area contributed by atoms with E-state index in [1.165, 1.54) is 38.9 Å². The molecule has 8 nitrogen and oxygen atoms in total. The van der Waals surface area contributed by atoms with Crippen molar-refractivity contribution in [2.45, 2.75) is 69.7 Å². The van der Waals surface area contributed by atoms with Crippen LogP contribution in [0.2, 0.25) is 0 Å². The van der Waals surface area contributed by atoms with E-state index < -0.39 is 10.0 Å². The van der Waals surface area contributed by atoms with Gasteiger partial charge < -0.3 is 19.3 Å². The molecule has 9 heteroatoms. The number of ether oxygens (including phenoxy) is 2. The topological polar surface area (TPSA) is 79.4 Å². The zero-order valence-corrected chi connectivity index (χ0v) is 23.0. The Morgan fingerprint density at radius 3 is 2.28 bits per heavy atom. The van der Waals surface area contributed by atoms with E-state index in [0.717, 1.165) is 38.8 Å². The molecule has 202 valence electrons. The number of rotatable bonds is 10. The fraction of sp³-hybridized carbons (Fsp3) is 0.741. The third kappa shape index (κ3) is 6.41. The Morgan fingerprint density at radius 2 is 1.64 bits per heavy atom. The number of sulfonamides is 1. The van der Waals surface area contributed by atoms with E-state index in [4.69, 9.17) is 9.47 Å². The van der Waals surface area contributed by atoms with Gasteiger partial charge >= 0.3 is 0 Å². The van der Waals surface area contributed by atoms with Crippen molar-refractivity contribution >= 4 is 15.9 Å². The molecule has 0 unspecified atom stereocenters. The number of methoxy groups -OCH3 is 1. The first-order valence-corrected chi connectivity index (χ1v) is 15.0. The average molecular weight is 522 g/mol. The summed E-state index contributed by atoms with van der Waals surface area (Å²) in [6.45, 7) is 9.62. The third-order valence-corrected chi connectivity index (χ3v) is 10.4. The van der Waals surface area contributed by atoms with Gasteiger partial charge in [-0.05, 0) is 108 Å². The molecule has 1 amide bonds. The molecule has 3 fully saturated rings. The van der Waals surface area contributed by atoms with E-state index in [2.05, 4.69) is 4.90 Å². The normalized spacial score (nSPS) is 22.4. The molecule has 3 heterocycles.